The predicted octanol–water partition coefficient (Wildman–Crippen LogP) is 23.6. The molecule has 2 atom stereocenters. The minimum absolute atomic E-state index is 0.000374. The maximum atomic E-state index is 12.5. The van der Waals surface area contributed by atoms with Gasteiger partial charge in [0.15, 0.2) is 0 Å². The highest BCUT2D eigenvalue weighted by Gasteiger charge is 2.20. The van der Waals surface area contributed by atoms with Gasteiger partial charge in [0.1, 0.15) is 0 Å². The second-order valence-electron chi connectivity index (χ2n) is 24.9. The highest BCUT2D eigenvalue weighted by atomic mass is 16.5. The van der Waals surface area contributed by atoms with E-state index in [0.29, 0.717) is 25.9 Å². The van der Waals surface area contributed by atoms with E-state index in [1.165, 1.54) is 302 Å². The Hall–Kier alpha value is -2.18. The maximum absolute atomic E-state index is 12.5. The van der Waals surface area contributed by atoms with E-state index in [4.69, 9.17) is 4.74 Å². The zero-order valence-corrected chi connectivity index (χ0v) is 54.5. The van der Waals surface area contributed by atoms with Crippen LogP contribution in [-0.4, -0.2) is 47.4 Å². The molecule has 81 heavy (non-hydrogen) atoms. The summed E-state index contributed by atoms with van der Waals surface area (Å²) < 4.78 is 5.48. The van der Waals surface area contributed by atoms with E-state index in [9.17, 15) is 19.8 Å². The van der Waals surface area contributed by atoms with Crippen LogP contribution >= 0.6 is 0 Å². The standard InChI is InChI=1S/C75H141NO5/c1-3-5-7-9-11-13-15-17-19-37-40-43-47-51-55-59-63-67-73(78)72(71-77)76-74(79)68-64-60-56-52-48-44-41-38-35-33-31-29-27-25-23-21-20-22-24-26-28-30-32-34-36-39-42-46-50-54-58-62-66-70-81-75(80)69-65-61-57-53-49-45-18-16-14-12-10-8-6-4-2/h10,12,16,18,24,26,30,32,72-73,77-78H,3-9,11,13-15,17,19-23,25,27-29,31,33-71H2,1-2H3,(H,76,79)/b12-10-,18-16-,26-24-,32-30-. The molecule has 0 heterocycles. The number of allylic oxidation sites excluding steroid dienone is 8. The number of hydrogen-bond acceptors (Lipinski definition) is 5. The summed E-state index contributed by atoms with van der Waals surface area (Å²) in [4.78, 5) is 24.6. The molecular formula is C75H141NO5. The van der Waals surface area contributed by atoms with Crippen LogP contribution in [0.25, 0.3) is 0 Å². The Bertz CT molecular complexity index is 1360. The lowest BCUT2D eigenvalue weighted by Gasteiger charge is -2.22. The zero-order valence-electron chi connectivity index (χ0n) is 54.5. The molecular weight excluding hydrogens is 995 g/mol. The van der Waals surface area contributed by atoms with Gasteiger partial charge in [0.05, 0.1) is 25.4 Å². The van der Waals surface area contributed by atoms with Crippen LogP contribution in [0.4, 0.5) is 0 Å². The number of hydrogen-bond donors (Lipinski definition) is 3. The molecule has 0 aromatic rings. The van der Waals surface area contributed by atoms with Gasteiger partial charge >= 0.3 is 5.97 Å². The van der Waals surface area contributed by atoms with Crippen molar-refractivity contribution >= 4 is 11.9 Å². The number of carbonyl (C=O) groups excluding carboxylic acids is 2. The van der Waals surface area contributed by atoms with Crippen molar-refractivity contribution in [2.45, 2.75) is 405 Å². The van der Waals surface area contributed by atoms with Crippen molar-refractivity contribution in [2.75, 3.05) is 13.2 Å². The van der Waals surface area contributed by atoms with Gasteiger partial charge in [-0.25, -0.2) is 0 Å². The number of esters is 1. The number of carbonyl (C=O) groups is 2. The molecule has 0 radical (unpaired) electrons. The molecule has 0 bridgehead atoms. The molecule has 0 rings (SSSR count). The summed E-state index contributed by atoms with van der Waals surface area (Å²) in [5.41, 5.74) is 0. The fourth-order valence-electron chi connectivity index (χ4n) is 11.3. The first-order valence-electron chi connectivity index (χ1n) is 36.4. The van der Waals surface area contributed by atoms with Gasteiger partial charge in [-0.15, -0.1) is 0 Å². The van der Waals surface area contributed by atoms with Crippen LogP contribution in [0.2, 0.25) is 0 Å². The molecule has 0 spiro atoms. The fourth-order valence-corrected chi connectivity index (χ4v) is 11.3. The van der Waals surface area contributed by atoms with Crippen molar-refractivity contribution < 1.29 is 24.5 Å². The van der Waals surface area contributed by atoms with E-state index in [1.807, 2.05) is 0 Å². The first-order chi connectivity index (χ1) is 40.0. The first kappa shape index (κ1) is 78.8. The summed E-state index contributed by atoms with van der Waals surface area (Å²) in [5.74, 6) is -0.0304. The second kappa shape index (κ2) is 70.3. The van der Waals surface area contributed by atoms with Crippen LogP contribution < -0.4 is 5.32 Å². The number of ether oxygens (including phenoxy) is 1. The molecule has 0 aromatic carbocycles. The molecule has 0 aliphatic rings. The monoisotopic (exact) mass is 1140 g/mol. The SMILES string of the molecule is CCCC/C=C\C/C=C\CCCCCCCC(=O)OCCCCCCCCCCC/C=C\C/C=C\CCCCCCCCCCCCCCCCCCCC(=O)NC(CO)C(O)CCCCCCCCCCCCCCCCCCC. The molecule has 3 N–H and O–H groups in total. The lowest BCUT2D eigenvalue weighted by Crippen LogP contribution is -2.45. The van der Waals surface area contributed by atoms with E-state index in [2.05, 4.69) is 67.8 Å². The van der Waals surface area contributed by atoms with E-state index in [0.717, 1.165) is 57.8 Å². The molecule has 2 unspecified atom stereocenters. The maximum Gasteiger partial charge on any atom is 0.305 e. The van der Waals surface area contributed by atoms with Crippen LogP contribution in [0.15, 0.2) is 48.6 Å². The molecule has 476 valence electrons. The Kier molecular flexibility index (Phi) is 68.4. The van der Waals surface area contributed by atoms with Gasteiger partial charge in [-0.1, -0.05) is 345 Å². The van der Waals surface area contributed by atoms with Crippen LogP contribution in [0.3, 0.4) is 0 Å². The molecule has 6 heteroatoms. The Morgan fingerprint density at radius 3 is 0.975 bits per heavy atom. The van der Waals surface area contributed by atoms with Crippen molar-refractivity contribution in [1.82, 2.24) is 5.32 Å². The van der Waals surface area contributed by atoms with Crippen molar-refractivity contribution in [2.24, 2.45) is 0 Å². The van der Waals surface area contributed by atoms with Gasteiger partial charge in [-0.05, 0) is 83.5 Å². The lowest BCUT2D eigenvalue weighted by atomic mass is 10.0. The van der Waals surface area contributed by atoms with E-state index in [1.54, 1.807) is 0 Å². The van der Waals surface area contributed by atoms with Gasteiger partial charge in [-0.2, -0.15) is 0 Å². The van der Waals surface area contributed by atoms with Gasteiger partial charge < -0.3 is 20.3 Å². The molecule has 0 aliphatic carbocycles. The number of amides is 1. The summed E-state index contributed by atoms with van der Waals surface area (Å²) in [7, 11) is 0. The minimum Gasteiger partial charge on any atom is -0.466 e. The average molecular weight is 1140 g/mol. The van der Waals surface area contributed by atoms with Gasteiger partial charge in [0.2, 0.25) is 5.91 Å². The van der Waals surface area contributed by atoms with Crippen molar-refractivity contribution in [1.29, 1.82) is 0 Å². The first-order valence-corrected chi connectivity index (χ1v) is 36.4. The summed E-state index contributed by atoms with van der Waals surface area (Å²) in [6.45, 7) is 4.93. The molecule has 0 saturated carbocycles. The van der Waals surface area contributed by atoms with Crippen LogP contribution in [0.5, 0.6) is 0 Å². The highest BCUT2D eigenvalue weighted by molar-refractivity contribution is 5.76. The largest absolute Gasteiger partial charge is 0.466 e. The summed E-state index contributed by atoms with van der Waals surface area (Å²) in [6.07, 6.45) is 91.7. The summed E-state index contributed by atoms with van der Waals surface area (Å²) in [5, 5.41) is 23.4. The average Bonchev–Trinajstić information content (AvgIpc) is 3.47. The van der Waals surface area contributed by atoms with Gasteiger partial charge in [0, 0.05) is 12.8 Å². The van der Waals surface area contributed by atoms with E-state index < -0.39 is 12.1 Å². The van der Waals surface area contributed by atoms with Crippen LogP contribution in [-0.2, 0) is 14.3 Å². The van der Waals surface area contributed by atoms with Crippen molar-refractivity contribution in [3.63, 3.8) is 0 Å². The predicted molar refractivity (Wildman–Crippen MR) is 356 cm³/mol. The minimum atomic E-state index is -0.664. The number of aliphatic hydroxyl groups excluding tert-OH is 2. The van der Waals surface area contributed by atoms with Gasteiger partial charge in [0.25, 0.3) is 0 Å². The van der Waals surface area contributed by atoms with Crippen molar-refractivity contribution in [3.05, 3.63) is 48.6 Å². The quantitative estimate of drug-likeness (QED) is 0.0320. The number of aliphatic hydroxyl groups is 2. The van der Waals surface area contributed by atoms with E-state index in [-0.39, 0.29) is 18.5 Å². The Balaban J connectivity index is 3.38. The normalized spacial score (nSPS) is 12.8. The Morgan fingerprint density at radius 1 is 0.346 bits per heavy atom. The summed E-state index contributed by atoms with van der Waals surface area (Å²) in [6, 6.07) is -0.541. The van der Waals surface area contributed by atoms with Gasteiger partial charge in [-0.3, -0.25) is 9.59 Å². The fraction of sp³-hybridized carbons (Fsp3) is 0.867. The van der Waals surface area contributed by atoms with Crippen molar-refractivity contribution in [3.8, 4) is 0 Å². The second-order valence-corrected chi connectivity index (χ2v) is 24.9. The lowest BCUT2D eigenvalue weighted by molar-refractivity contribution is -0.143. The molecule has 0 aliphatic heterocycles. The smallest absolute Gasteiger partial charge is 0.305 e. The number of unbranched alkanes of at least 4 members (excludes halogenated alkanes) is 49. The summed E-state index contributed by atoms with van der Waals surface area (Å²) >= 11 is 0. The molecule has 1 amide bonds. The molecule has 0 aromatic heterocycles. The Labute approximate surface area is 506 Å². The third kappa shape index (κ3) is 66.8. The molecule has 0 saturated heterocycles. The molecule has 0 fully saturated rings. The molecule has 6 nitrogen and oxygen atoms in total. The van der Waals surface area contributed by atoms with Crippen LogP contribution in [0.1, 0.15) is 393 Å². The van der Waals surface area contributed by atoms with E-state index >= 15 is 0 Å². The number of nitrogens with one attached hydrogen (secondary N) is 1. The third-order valence-electron chi connectivity index (χ3n) is 16.9. The van der Waals surface area contributed by atoms with Crippen LogP contribution in [0, 0.1) is 0 Å². The third-order valence-corrected chi connectivity index (χ3v) is 16.9. The highest BCUT2D eigenvalue weighted by Crippen LogP contribution is 2.19. The Morgan fingerprint density at radius 2 is 0.630 bits per heavy atom. The number of rotatable bonds is 68. The topological polar surface area (TPSA) is 95.9 Å². The zero-order chi connectivity index (χ0) is 58.5.